The smallest absolute Gasteiger partial charge is 0.335 e. The van der Waals surface area contributed by atoms with Crippen LogP contribution < -0.4 is 0 Å². The lowest BCUT2D eigenvalue weighted by atomic mass is 9.79. The van der Waals surface area contributed by atoms with Gasteiger partial charge in [0.2, 0.25) is 0 Å². The van der Waals surface area contributed by atoms with Gasteiger partial charge in [0.15, 0.2) is 0 Å². The fourth-order valence-electron chi connectivity index (χ4n) is 3.53. The van der Waals surface area contributed by atoms with E-state index >= 15 is 0 Å². The summed E-state index contributed by atoms with van der Waals surface area (Å²) in [5.74, 6) is -0.867. The first kappa shape index (κ1) is 20.4. The molecule has 0 saturated heterocycles. The van der Waals surface area contributed by atoms with Crippen LogP contribution in [0.25, 0.3) is 5.57 Å². The standard InChI is InChI=1S/C23H32O3/c1-3-5-10-15-23(26-17-11-6-4-2)16-14-20(22(24)25)21(18-23)19-12-8-7-9-13-19/h7-9,12-14,16H,3-6,10-11,15,17-18H2,1-2H3,(H,24,25). The van der Waals surface area contributed by atoms with Gasteiger partial charge in [-0.1, -0.05) is 82.4 Å². The molecule has 0 bridgehead atoms. The molecular weight excluding hydrogens is 324 g/mol. The highest BCUT2D eigenvalue weighted by Gasteiger charge is 2.34. The molecule has 1 N–H and O–H groups in total. The number of rotatable bonds is 11. The fourth-order valence-corrected chi connectivity index (χ4v) is 3.53. The van der Waals surface area contributed by atoms with Gasteiger partial charge < -0.3 is 9.84 Å². The Bertz CT molecular complexity index is 630. The zero-order valence-corrected chi connectivity index (χ0v) is 16.2. The van der Waals surface area contributed by atoms with Crippen molar-refractivity contribution in [3.63, 3.8) is 0 Å². The summed E-state index contributed by atoms with van der Waals surface area (Å²) in [4.78, 5) is 11.8. The van der Waals surface area contributed by atoms with E-state index in [9.17, 15) is 9.90 Å². The quantitative estimate of drug-likeness (QED) is 0.494. The van der Waals surface area contributed by atoms with Crippen molar-refractivity contribution in [1.29, 1.82) is 0 Å². The zero-order valence-electron chi connectivity index (χ0n) is 16.2. The number of benzene rings is 1. The lowest BCUT2D eigenvalue weighted by Crippen LogP contribution is -2.34. The SMILES string of the molecule is CCCCCOC1(CCCCC)C=CC(C(=O)O)=C(c2ccccc2)C1. The van der Waals surface area contributed by atoms with Crippen molar-refractivity contribution >= 4 is 11.5 Å². The number of hydrogen-bond donors (Lipinski definition) is 1. The van der Waals surface area contributed by atoms with Gasteiger partial charge in [-0.05, 0) is 30.1 Å². The van der Waals surface area contributed by atoms with Gasteiger partial charge in [-0.3, -0.25) is 0 Å². The first-order valence-corrected chi connectivity index (χ1v) is 9.97. The van der Waals surface area contributed by atoms with E-state index in [1.165, 1.54) is 12.8 Å². The summed E-state index contributed by atoms with van der Waals surface area (Å²) in [6.07, 6.45) is 12.1. The van der Waals surface area contributed by atoms with Gasteiger partial charge in [0.05, 0.1) is 11.2 Å². The maximum Gasteiger partial charge on any atom is 0.335 e. The lowest BCUT2D eigenvalue weighted by molar-refractivity contribution is -0.132. The Hall–Kier alpha value is -1.87. The molecule has 0 aliphatic heterocycles. The average Bonchev–Trinajstić information content (AvgIpc) is 2.66. The zero-order chi connectivity index (χ0) is 18.8. The van der Waals surface area contributed by atoms with E-state index in [4.69, 9.17) is 4.74 Å². The predicted octanol–water partition coefficient (Wildman–Crippen LogP) is 6.01. The molecule has 2 rings (SSSR count). The second kappa shape index (κ2) is 10.3. The number of carbonyl (C=O) groups is 1. The fraction of sp³-hybridized carbons (Fsp3) is 0.522. The lowest BCUT2D eigenvalue weighted by Gasteiger charge is -2.35. The highest BCUT2D eigenvalue weighted by Crippen LogP contribution is 2.39. The van der Waals surface area contributed by atoms with Gasteiger partial charge in [-0.15, -0.1) is 0 Å². The van der Waals surface area contributed by atoms with Crippen LogP contribution in [0.1, 0.15) is 70.8 Å². The summed E-state index contributed by atoms with van der Waals surface area (Å²) < 4.78 is 6.39. The van der Waals surface area contributed by atoms with Crippen LogP contribution in [-0.4, -0.2) is 23.3 Å². The molecule has 1 unspecified atom stereocenters. The number of carboxylic acid groups (broad SMARTS) is 1. The minimum atomic E-state index is -0.867. The second-order valence-corrected chi connectivity index (χ2v) is 7.15. The molecule has 0 saturated carbocycles. The van der Waals surface area contributed by atoms with Crippen molar-refractivity contribution in [1.82, 2.24) is 0 Å². The van der Waals surface area contributed by atoms with Crippen molar-refractivity contribution in [2.24, 2.45) is 0 Å². The van der Waals surface area contributed by atoms with Crippen LogP contribution in [0.4, 0.5) is 0 Å². The Kier molecular flexibility index (Phi) is 8.11. The molecular formula is C23H32O3. The Morgan fingerprint density at radius 3 is 2.42 bits per heavy atom. The molecule has 26 heavy (non-hydrogen) atoms. The van der Waals surface area contributed by atoms with E-state index in [1.807, 2.05) is 36.4 Å². The molecule has 0 radical (unpaired) electrons. The van der Waals surface area contributed by atoms with Crippen molar-refractivity contribution in [2.75, 3.05) is 6.61 Å². The van der Waals surface area contributed by atoms with Crippen LogP contribution in [0.15, 0.2) is 48.1 Å². The van der Waals surface area contributed by atoms with Gasteiger partial charge in [0, 0.05) is 13.0 Å². The van der Waals surface area contributed by atoms with Gasteiger partial charge in [0.1, 0.15) is 0 Å². The molecule has 1 aliphatic rings. The first-order valence-electron chi connectivity index (χ1n) is 9.97. The van der Waals surface area contributed by atoms with Crippen LogP contribution in [0.2, 0.25) is 0 Å². The molecule has 0 spiro atoms. The Morgan fingerprint density at radius 2 is 1.77 bits per heavy atom. The summed E-state index contributed by atoms with van der Waals surface area (Å²) in [5, 5.41) is 9.65. The highest BCUT2D eigenvalue weighted by molar-refractivity contribution is 6.00. The molecule has 0 amide bonds. The van der Waals surface area contributed by atoms with Gasteiger partial charge in [-0.25, -0.2) is 4.79 Å². The number of hydrogen-bond acceptors (Lipinski definition) is 2. The van der Waals surface area contributed by atoms with E-state index < -0.39 is 5.97 Å². The van der Waals surface area contributed by atoms with Crippen LogP contribution in [0.5, 0.6) is 0 Å². The minimum Gasteiger partial charge on any atom is -0.478 e. The maximum atomic E-state index is 11.8. The van der Waals surface area contributed by atoms with E-state index in [0.29, 0.717) is 12.0 Å². The Labute approximate surface area is 157 Å². The van der Waals surface area contributed by atoms with Gasteiger partial charge in [0.25, 0.3) is 0 Å². The minimum absolute atomic E-state index is 0.382. The van der Waals surface area contributed by atoms with Crippen LogP contribution in [0, 0.1) is 0 Å². The molecule has 1 aromatic rings. The average molecular weight is 357 g/mol. The molecule has 3 nitrogen and oxygen atoms in total. The summed E-state index contributed by atoms with van der Waals surface area (Å²) in [6.45, 7) is 5.12. The van der Waals surface area contributed by atoms with E-state index in [2.05, 4.69) is 13.8 Å². The van der Waals surface area contributed by atoms with Gasteiger partial charge >= 0.3 is 5.97 Å². The topological polar surface area (TPSA) is 46.5 Å². The van der Waals surface area contributed by atoms with E-state index in [-0.39, 0.29) is 5.60 Å². The Morgan fingerprint density at radius 1 is 1.08 bits per heavy atom. The number of unbranched alkanes of at least 4 members (excludes halogenated alkanes) is 4. The number of ether oxygens (including phenoxy) is 1. The molecule has 1 aliphatic carbocycles. The number of carboxylic acids is 1. The van der Waals surface area contributed by atoms with Crippen LogP contribution >= 0.6 is 0 Å². The second-order valence-electron chi connectivity index (χ2n) is 7.15. The van der Waals surface area contributed by atoms with Crippen LogP contribution in [-0.2, 0) is 9.53 Å². The molecule has 1 atom stereocenters. The van der Waals surface area contributed by atoms with Crippen molar-refractivity contribution in [3.05, 3.63) is 53.6 Å². The summed E-state index contributed by atoms with van der Waals surface area (Å²) in [6, 6.07) is 9.86. The summed E-state index contributed by atoms with van der Waals surface area (Å²) >= 11 is 0. The van der Waals surface area contributed by atoms with Crippen molar-refractivity contribution in [3.8, 4) is 0 Å². The monoisotopic (exact) mass is 356 g/mol. The molecule has 1 aromatic carbocycles. The van der Waals surface area contributed by atoms with Crippen molar-refractivity contribution in [2.45, 2.75) is 70.8 Å². The summed E-state index contributed by atoms with van der Waals surface area (Å²) in [7, 11) is 0. The third-order valence-electron chi connectivity index (χ3n) is 5.05. The van der Waals surface area contributed by atoms with Crippen LogP contribution in [0.3, 0.4) is 0 Å². The van der Waals surface area contributed by atoms with Gasteiger partial charge in [-0.2, -0.15) is 0 Å². The normalized spacial score (nSPS) is 19.8. The molecule has 0 heterocycles. The molecule has 0 fully saturated rings. The first-order chi connectivity index (χ1) is 12.6. The largest absolute Gasteiger partial charge is 0.478 e. The summed E-state index contributed by atoms with van der Waals surface area (Å²) in [5.41, 5.74) is 1.87. The number of aliphatic carboxylic acids is 1. The van der Waals surface area contributed by atoms with E-state index in [1.54, 1.807) is 6.08 Å². The Balaban J connectivity index is 2.26. The molecule has 142 valence electrons. The molecule has 0 aromatic heterocycles. The van der Waals surface area contributed by atoms with Crippen molar-refractivity contribution < 1.29 is 14.6 Å². The third-order valence-corrected chi connectivity index (χ3v) is 5.05. The maximum absolute atomic E-state index is 11.8. The predicted molar refractivity (Wildman–Crippen MR) is 107 cm³/mol. The molecule has 3 heteroatoms. The highest BCUT2D eigenvalue weighted by atomic mass is 16.5. The van der Waals surface area contributed by atoms with E-state index in [0.717, 1.165) is 49.8 Å². The third kappa shape index (κ3) is 5.57.